The lowest BCUT2D eigenvalue weighted by Gasteiger charge is -2.32. The molecule has 2 unspecified atom stereocenters. The fourth-order valence-corrected chi connectivity index (χ4v) is 1.30. The monoisotopic (exact) mass is 274 g/mol. The molecule has 5 nitrogen and oxygen atoms in total. The van der Waals surface area contributed by atoms with Crippen LogP contribution in [0.3, 0.4) is 0 Å². The van der Waals surface area contributed by atoms with Crippen LogP contribution in [0.2, 0.25) is 0 Å². The molecule has 0 aliphatic carbocycles. The van der Waals surface area contributed by atoms with Gasteiger partial charge in [0.05, 0.1) is 17.8 Å². The lowest BCUT2D eigenvalue weighted by molar-refractivity contribution is -0.190. The topological polar surface area (TPSA) is 76.7 Å². The molecule has 5 heteroatoms. The third-order valence-electron chi connectivity index (χ3n) is 2.15. The van der Waals surface area contributed by atoms with Gasteiger partial charge in [-0.25, -0.2) is 0 Å². The lowest BCUT2D eigenvalue weighted by Crippen LogP contribution is -2.48. The molecule has 0 aromatic carbocycles. The SMILES string of the molecule is C=C(CN)NC(COC(C)(C)C)C(O)OC(C)(C)C. The summed E-state index contributed by atoms with van der Waals surface area (Å²) in [5.74, 6) is 0. The molecule has 0 aliphatic heterocycles. The maximum Gasteiger partial charge on any atom is 0.177 e. The summed E-state index contributed by atoms with van der Waals surface area (Å²) in [4.78, 5) is 0. The summed E-state index contributed by atoms with van der Waals surface area (Å²) in [5.41, 5.74) is 5.42. The van der Waals surface area contributed by atoms with E-state index >= 15 is 0 Å². The van der Waals surface area contributed by atoms with Gasteiger partial charge >= 0.3 is 0 Å². The van der Waals surface area contributed by atoms with E-state index in [0.29, 0.717) is 18.8 Å². The molecule has 0 aliphatic rings. The highest BCUT2D eigenvalue weighted by atomic mass is 16.6. The molecule has 0 saturated carbocycles. The molecule has 0 bridgehead atoms. The first-order valence-corrected chi connectivity index (χ1v) is 6.59. The third-order valence-corrected chi connectivity index (χ3v) is 2.15. The van der Waals surface area contributed by atoms with Crippen LogP contribution in [-0.2, 0) is 9.47 Å². The molecular weight excluding hydrogens is 244 g/mol. The molecule has 2 atom stereocenters. The van der Waals surface area contributed by atoms with Crippen molar-refractivity contribution in [3.63, 3.8) is 0 Å². The Labute approximate surface area is 117 Å². The minimum atomic E-state index is -0.995. The van der Waals surface area contributed by atoms with Gasteiger partial charge in [0, 0.05) is 12.2 Å². The van der Waals surface area contributed by atoms with Crippen LogP contribution in [0, 0.1) is 0 Å². The van der Waals surface area contributed by atoms with Crippen LogP contribution >= 0.6 is 0 Å². The standard InChI is InChI=1S/C14H30N2O3/c1-10(8-15)16-11(9-18-13(2,3)4)12(17)19-14(5,6)7/h11-12,16-17H,1,8-9,15H2,2-7H3. The van der Waals surface area contributed by atoms with Crippen molar-refractivity contribution in [3.05, 3.63) is 12.3 Å². The van der Waals surface area contributed by atoms with Gasteiger partial charge in [-0.2, -0.15) is 0 Å². The van der Waals surface area contributed by atoms with Gasteiger partial charge in [0.15, 0.2) is 6.29 Å². The summed E-state index contributed by atoms with van der Waals surface area (Å²) in [7, 11) is 0. The Kier molecular flexibility index (Phi) is 7.00. The van der Waals surface area contributed by atoms with E-state index in [1.807, 2.05) is 41.5 Å². The second-order valence-electron chi connectivity index (χ2n) is 6.60. The number of ether oxygens (including phenoxy) is 2. The molecule has 0 saturated heterocycles. The van der Waals surface area contributed by atoms with Gasteiger partial charge in [-0.1, -0.05) is 6.58 Å². The van der Waals surface area contributed by atoms with Gasteiger partial charge in [0.2, 0.25) is 0 Å². The summed E-state index contributed by atoms with van der Waals surface area (Å²) < 4.78 is 11.2. The predicted octanol–water partition coefficient (Wildman–Crippen LogP) is 1.37. The Morgan fingerprint density at radius 2 is 1.74 bits per heavy atom. The van der Waals surface area contributed by atoms with Crippen LogP contribution in [0.4, 0.5) is 0 Å². The first-order valence-electron chi connectivity index (χ1n) is 6.59. The van der Waals surface area contributed by atoms with Crippen molar-refractivity contribution in [3.8, 4) is 0 Å². The van der Waals surface area contributed by atoms with E-state index in [1.54, 1.807) is 0 Å². The van der Waals surface area contributed by atoms with Crippen LogP contribution < -0.4 is 11.1 Å². The van der Waals surface area contributed by atoms with Crippen molar-refractivity contribution in [2.24, 2.45) is 5.73 Å². The smallest absolute Gasteiger partial charge is 0.177 e. The third kappa shape index (κ3) is 9.90. The van der Waals surface area contributed by atoms with Crippen molar-refractivity contribution in [1.82, 2.24) is 5.32 Å². The Morgan fingerprint density at radius 1 is 1.21 bits per heavy atom. The maximum atomic E-state index is 10.1. The van der Waals surface area contributed by atoms with Crippen LogP contribution in [0.1, 0.15) is 41.5 Å². The number of aliphatic hydroxyl groups excluding tert-OH is 1. The predicted molar refractivity (Wildman–Crippen MR) is 77.7 cm³/mol. The number of rotatable bonds is 7. The van der Waals surface area contributed by atoms with E-state index in [4.69, 9.17) is 15.2 Å². The van der Waals surface area contributed by atoms with Crippen molar-refractivity contribution in [2.45, 2.75) is 65.1 Å². The second kappa shape index (κ2) is 7.24. The molecule has 0 heterocycles. The number of aliphatic hydroxyl groups is 1. The van der Waals surface area contributed by atoms with Gasteiger partial charge in [0.1, 0.15) is 6.04 Å². The molecule has 114 valence electrons. The number of hydrogen-bond acceptors (Lipinski definition) is 5. The van der Waals surface area contributed by atoms with E-state index < -0.39 is 17.9 Å². The van der Waals surface area contributed by atoms with Gasteiger partial charge in [-0.15, -0.1) is 0 Å². The summed E-state index contributed by atoms with van der Waals surface area (Å²) in [5, 5.41) is 13.2. The van der Waals surface area contributed by atoms with Crippen LogP contribution in [-0.4, -0.2) is 41.8 Å². The van der Waals surface area contributed by atoms with Crippen molar-refractivity contribution >= 4 is 0 Å². The normalized spacial score (nSPS) is 16.0. The minimum Gasteiger partial charge on any atom is -0.378 e. The molecule has 0 spiro atoms. The molecule has 0 fully saturated rings. The average Bonchev–Trinajstić information content (AvgIpc) is 2.19. The summed E-state index contributed by atoms with van der Waals surface area (Å²) in [6.07, 6.45) is -0.995. The Balaban J connectivity index is 4.61. The first kappa shape index (κ1) is 18.4. The molecule has 19 heavy (non-hydrogen) atoms. The lowest BCUT2D eigenvalue weighted by atomic mass is 10.1. The van der Waals surface area contributed by atoms with Gasteiger partial charge in [-0.3, -0.25) is 0 Å². The molecule has 0 radical (unpaired) electrons. The van der Waals surface area contributed by atoms with Gasteiger partial charge in [-0.05, 0) is 41.5 Å². The average molecular weight is 274 g/mol. The fraction of sp³-hybridized carbons (Fsp3) is 0.857. The number of hydrogen-bond donors (Lipinski definition) is 3. The molecule has 0 amide bonds. The van der Waals surface area contributed by atoms with Crippen molar-refractivity contribution in [1.29, 1.82) is 0 Å². The highest BCUT2D eigenvalue weighted by molar-refractivity contribution is 4.96. The Morgan fingerprint density at radius 3 is 2.11 bits per heavy atom. The van der Waals surface area contributed by atoms with E-state index in [2.05, 4.69) is 11.9 Å². The zero-order valence-corrected chi connectivity index (χ0v) is 13.1. The fourth-order valence-electron chi connectivity index (χ4n) is 1.30. The number of nitrogens with two attached hydrogens (primary N) is 1. The highest BCUT2D eigenvalue weighted by Gasteiger charge is 2.27. The largest absolute Gasteiger partial charge is 0.378 e. The molecule has 0 aromatic rings. The maximum absolute atomic E-state index is 10.1. The first-order chi connectivity index (χ1) is 8.44. The van der Waals surface area contributed by atoms with E-state index in [9.17, 15) is 5.11 Å². The number of nitrogens with one attached hydrogen (secondary N) is 1. The molecular formula is C14H30N2O3. The highest BCUT2D eigenvalue weighted by Crippen LogP contribution is 2.14. The Hall–Kier alpha value is -0.620. The zero-order valence-electron chi connectivity index (χ0n) is 13.1. The quantitative estimate of drug-likeness (QED) is 0.611. The van der Waals surface area contributed by atoms with Crippen LogP contribution in [0.25, 0.3) is 0 Å². The van der Waals surface area contributed by atoms with Gasteiger partial charge in [0.25, 0.3) is 0 Å². The van der Waals surface area contributed by atoms with E-state index in [0.717, 1.165) is 0 Å². The van der Waals surface area contributed by atoms with Crippen LogP contribution in [0.15, 0.2) is 12.3 Å². The molecule has 0 aromatic heterocycles. The van der Waals surface area contributed by atoms with Gasteiger partial charge < -0.3 is 25.6 Å². The summed E-state index contributed by atoms with van der Waals surface area (Å²) in [6.45, 7) is 15.9. The van der Waals surface area contributed by atoms with E-state index in [1.165, 1.54) is 0 Å². The summed E-state index contributed by atoms with van der Waals surface area (Å²) >= 11 is 0. The minimum absolute atomic E-state index is 0.286. The summed E-state index contributed by atoms with van der Waals surface area (Å²) in [6, 6.07) is -0.408. The zero-order chi connectivity index (χ0) is 15.3. The van der Waals surface area contributed by atoms with E-state index in [-0.39, 0.29) is 5.60 Å². The van der Waals surface area contributed by atoms with Crippen molar-refractivity contribution in [2.75, 3.05) is 13.2 Å². The molecule has 0 rings (SSSR count). The van der Waals surface area contributed by atoms with Crippen molar-refractivity contribution < 1.29 is 14.6 Å². The van der Waals surface area contributed by atoms with Crippen LogP contribution in [0.5, 0.6) is 0 Å². The Bertz CT molecular complexity index is 279. The molecule has 4 N–H and O–H groups in total. The second-order valence-corrected chi connectivity index (χ2v) is 6.60.